The van der Waals surface area contributed by atoms with Gasteiger partial charge in [0.05, 0.1) is 18.3 Å². The van der Waals surface area contributed by atoms with Crippen LogP contribution in [-0.2, 0) is 14.0 Å². The first-order valence-electron chi connectivity index (χ1n) is 8.00. The number of hydrogen-bond acceptors (Lipinski definition) is 4. The van der Waals surface area contributed by atoms with E-state index < -0.39 is 13.7 Å². The number of likely N-dealkylation sites (N-methyl/N-ethyl adjacent to an activating group) is 1. The summed E-state index contributed by atoms with van der Waals surface area (Å²) in [5.74, 6) is 0.889. The van der Waals surface area contributed by atoms with Crippen LogP contribution < -0.4 is 0 Å². The first-order chi connectivity index (χ1) is 9.85. The van der Waals surface area contributed by atoms with E-state index in [9.17, 15) is 4.79 Å². The average molecular weight is 328 g/mol. The molecule has 22 heavy (non-hydrogen) atoms. The molecule has 4 nitrogen and oxygen atoms in total. The van der Waals surface area contributed by atoms with Crippen LogP contribution in [0, 0.1) is 5.41 Å². The first kappa shape index (κ1) is 19.2. The first-order valence-corrected chi connectivity index (χ1v) is 10.9. The van der Waals surface area contributed by atoms with Gasteiger partial charge in [-0.1, -0.05) is 20.8 Å². The number of carbonyl (C=O) groups is 1. The van der Waals surface area contributed by atoms with Crippen LogP contribution in [-0.4, -0.2) is 46.4 Å². The Balaban J connectivity index is 3.08. The number of esters is 1. The monoisotopic (exact) mass is 327 g/mol. The number of rotatable bonds is 4. The highest BCUT2D eigenvalue weighted by atomic mass is 28.4. The molecule has 0 amide bonds. The van der Waals surface area contributed by atoms with E-state index in [0.29, 0.717) is 0 Å². The summed E-state index contributed by atoms with van der Waals surface area (Å²) in [5, 5.41) is 0.171. The minimum atomic E-state index is -1.84. The van der Waals surface area contributed by atoms with Crippen molar-refractivity contribution in [3.05, 3.63) is 11.8 Å². The molecule has 1 aliphatic rings. The van der Waals surface area contributed by atoms with Gasteiger partial charge in [-0.05, 0) is 51.6 Å². The Bertz CT molecular complexity index is 451. The molecule has 0 aromatic carbocycles. The van der Waals surface area contributed by atoms with Gasteiger partial charge >= 0.3 is 5.97 Å². The van der Waals surface area contributed by atoms with Crippen molar-refractivity contribution in [2.45, 2.75) is 64.7 Å². The summed E-state index contributed by atoms with van der Waals surface area (Å²) in [6.07, 6.45) is 3.67. The molecule has 1 aliphatic carbocycles. The van der Waals surface area contributed by atoms with E-state index in [4.69, 9.17) is 9.16 Å². The maximum atomic E-state index is 12.2. The van der Waals surface area contributed by atoms with Gasteiger partial charge in [0, 0.05) is 12.5 Å². The van der Waals surface area contributed by atoms with Crippen LogP contribution in [0.25, 0.3) is 0 Å². The summed E-state index contributed by atoms with van der Waals surface area (Å²) in [5.41, 5.74) is -0.515. The minimum absolute atomic E-state index is 0.00605. The molecule has 0 aromatic heterocycles. The average Bonchev–Trinajstić information content (AvgIpc) is 2.38. The van der Waals surface area contributed by atoms with Gasteiger partial charge in [-0.3, -0.25) is 4.79 Å². The van der Waals surface area contributed by atoms with Crippen molar-refractivity contribution >= 4 is 14.3 Å². The van der Waals surface area contributed by atoms with E-state index in [0.717, 1.165) is 18.6 Å². The van der Waals surface area contributed by atoms with Gasteiger partial charge in [0.25, 0.3) is 0 Å². The highest BCUT2D eigenvalue weighted by molar-refractivity contribution is 6.74. The molecule has 128 valence electrons. The lowest BCUT2D eigenvalue weighted by Gasteiger charge is -2.43. The molecule has 0 N–H and O–H groups in total. The summed E-state index contributed by atoms with van der Waals surface area (Å²) < 4.78 is 11.5. The van der Waals surface area contributed by atoms with Crippen LogP contribution >= 0.6 is 0 Å². The third-order valence-corrected chi connectivity index (χ3v) is 9.67. The summed E-state index contributed by atoms with van der Waals surface area (Å²) in [6, 6.07) is -0.00605. The van der Waals surface area contributed by atoms with Crippen molar-refractivity contribution in [2.24, 2.45) is 5.41 Å². The molecule has 0 bridgehead atoms. The second-order valence-electron chi connectivity index (χ2n) is 8.31. The number of allylic oxidation sites excluding steroid dienone is 1. The molecule has 0 heterocycles. The predicted octanol–water partition coefficient (Wildman–Crippen LogP) is 3.80. The quantitative estimate of drug-likeness (QED) is 0.581. The van der Waals surface area contributed by atoms with Crippen molar-refractivity contribution in [1.29, 1.82) is 0 Å². The van der Waals surface area contributed by atoms with Gasteiger partial charge < -0.3 is 14.1 Å². The molecular weight excluding hydrogens is 294 g/mol. The molecule has 5 heteroatoms. The molecule has 1 unspecified atom stereocenters. The van der Waals surface area contributed by atoms with E-state index in [1.165, 1.54) is 7.11 Å². The summed E-state index contributed by atoms with van der Waals surface area (Å²) in [6.45, 7) is 13.2. The molecule has 0 aliphatic heterocycles. The van der Waals surface area contributed by atoms with E-state index in [1.807, 2.05) is 21.0 Å². The van der Waals surface area contributed by atoms with Crippen LogP contribution in [0.2, 0.25) is 18.1 Å². The Morgan fingerprint density at radius 3 is 2.32 bits per heavy atom. The van der Waals surface area contributed by atoms with Crippen molar-refractivity contribution in [1.82, 2.24) is 4.90 Å². The van der Waals surface area contributed by atoms with Crippen molar-refractivity contribution < 1.29 is 14.0 Å². The van der Waals surface area contributed by atoms with Crippen LogP contribution in [0.1, 0.15) is 40.5 Å². The van der Waals surface area contributed by atoms with E-state index >= 15 is 0 Å². The van der Waals surface area contributed by atoms with Gasteiger partial charge in [-0.25, -0.2) is 0 Å². The molecular formula is C17H33NO3Si. The SMILES string of the molecule is COC(=O)[C@]1(C)CCC(O[Si](C)(C)C(C)(C)C)=CC1N(C)C. The number of ether oxygens (including phenoxy) is 1. The second kappa shape index (κ2) is 6.36. The summed E-state index contributed by atoms with van der Waals surface area (Å²) in [7, 11) is 3.62. The predicted molar refractivity (Wildman–Crippen MR) is 93.2 cm³/mol. The number of nitrogens with zero attached hydrogens (tertiary/aromatic N) is 1. The maximum Gasteiger partial charge on any atom is 0.313 e. The van der Waals surface area contributed by atoms with Crippen LogP contribution in [0.15, 0.2) is 11.8 Å². The van der Waals surface area contributed by atoms with Gasteiger partial charge in [0.1, 0.15) is 0 Å². The largest absolute Gasteiger partial charge is 0.547 e. The number of methoxy groups -OCH3 is 1. The zero-order valence-corrected chi connectivity index (χ0v) is 16.7. The molecule has 0 aromatic rings. The highest BCUT2D eigenvalue weighted by Crippen LogP contribution is 2.43. The zero-order valence-electron chi connectivity index (χ0n) is 15.7. The van der Waals surface area contributed by atoms with Gasteiger partial charge in [-0.2, -0.15) is 0 Å². The van der Waals surface area contributed by atoms with Gasteiger partial charge in [0.2, 0.25) is 8.32 Å². The normalized spacial score (nSPS) is 26.6. The topological polar surface area (TPSA) is 38.8 Å². The minimum Gasteiger partial charge on any atom is -0.547 e. The highest BCUT2D eigenvalue weighted by Gasteiger charge is 2.46. The standard InChI is InChI=1S/C17H33NO3Si/c1-16(2,3)22(8,9)21-13-10-11-17(4,15(19)20-7)14(12-13)18(5)6/h12,14H,10-11H2,1-9H3/t14?,17-/m1/s1. The Morgan fingerprint density at radius 1 is 1.36 bits per heavy atom. The van der Waals surface area contributed by atoms with Gasteiger partial charge in [0.15, 0.2) is 0 Å². The summed E-state index contributed by atoms with van der Waals surface area (Å²) >= 11 is 0. The Morgan fingerprint density at radius 2 is 1.91 bits per heavy atom. The van der Waals surface area contributed by atoms with E-state index in [-0.39, 0.29) is 17.0 Å². The molecule has 0 saturated heterocycles. The molecule has 2 atom stereocenters. The Kier molecular flexibility index (Phi) is 5.56. The molecule has 0 saturated carbocycles. The van der Waals surface area contributed by atoms with Crippen LogP contribution in [0.5, 0.6) is 0 Å². The Hall–Kier alpha value is -0.813. The molecule has 1 rings (SSSR count). The van der Waals surface area contributed by atoms with Gasteiger partial charge in [-0.15, -0.1) is 0 Å². The lowest BCUT2D eigenvalue weighted by atomic mass is 9.74. The summed E-state index contributed by atoms with van der Waals surface area (Å²) in [4.78, 5) is 14.3. The lowest BCUT2D eigenvalue weighted by molar-refractivity contribution is -0.155. The number of hydrogen-bond donors (Lipinski definition) is 0. The third-order valence-electron chi connectivity index (χ3n) is 5.29. The Labute approximate surface area is 137 Å². The fraction of sp³-hybridized carbons (Fsp3) is 0.824. The van der Waals surface area contributed by atoms with Crippen LogP contribution in [0.3, 0.4) is 0 Å². The maximum absolute atomic E-state index is 12.2. The lowest BCUT2D eigenvalue weighted by Crippen LogP contribution is -2.50. The van der Waals surface area contributed by atoms with Crippen molar-refractivity contribution in [3.63, 3.8) is 0 Å². The van der Waals surface area contributed by atoms with E-state index in [1.54, 1.807) is 0 Å². The fourth-order valence-corrected chi connectivity index (χ4v) is 3.85. The molecule has 0 fully saturated rings. The molecule has 0 spiro atoms. The van der Waals surface area contributed by atoms with Crippen molar-refractivity contribution in [3.8, 4) is 0 Å². The third kappa shape index (κ3) is 3.74. The smallest absolute Gasteiger partial charge is 0.313 e. The van der Waals surface area contributed by atoms with Crippen molar-refractivity contribution in [2.75, 3.05) is 21.2 Å². The second-order valence-corrected chi connectivity index (χ2v) is 13.0. The zero-order chi connectivity index (χ0) is 17.3. The van der Waals surface area contributed by atoms with Crippen LogP contribution in [0.4, 0.5) is 0 Å². The number of carbonyl (C=O) groups excluding carboxylic acids is 1. The molecule has 0 radical (unpaired) electrons. The van der Waals surface area contributed by atoms with E-state index in [2.05, 4.69) is 44.8 Å². The fourth-order valence-electron chi connectivity index (χ4n) is 2.71.